The molecule has 2 bridgehead atoms. The van der Waals surface area contributed by atoms with E-state index in [9.17, 15) is 0 Å². The zero-order valence-corrected chi connectivity index (χ0v) is 6.64. The normalized spacial score (nSPS) is 43.0. The van der Waals surface area contributed by atoms with Crippen molar-refractivity contribution >= 4 is 5.71 Å². The van der Waals surface area contributed by atoms with Gasteiger partial charge in [-0.15, -0.1) is 0 Å². The van der Waals surface area contributed by atoms with Gasteiger partial charge in [-0.1, -0.05) is 0 Å². The number of rotatable bonds is 1. The van der Waals surface area contributed by atoms with E-state index in [4.69, 9.17) is 11.1 Å². The third-order valence-corrected chi connectivity index (χ3v) is 2.87. The van der Waals surface area contributed by atoms with Crippen LogP contribution < -0.4 is 11.1 Å². The van der Waals surface area contributed by atoms with E-state index in [0.717, 1.165) is 25.1 Å². The maximum absolute atomic E-state index is 7.57. The van der Waals surface area contributed by atoms with Crippen LogP contribution in [0.2, 0.25) is 0 Å². The average Bonchev–Trinajstić information content (AvgIpc) is 2.25. The fraction of sp³-hybridized carbons (Fsp3) is 0.875. The van der Waals surface area contributed by atoms with Crippen molar-refractivity contribution in [2.45, 2.75) is 31.3 Å². The summed E-state index contributed by atoms with van der Waals surface area (Å²) in [5.41, 5.74) is 6.54. The Balaban J connectivity index is 2.08. The maximum Gasteiger partial charge on any atom is 0.0163 e. The maximum atomic E-state index is 7.57. The molecule has 2 aliphatic heterocycles. The van der Waals surface area contributed by atoms with E-state index >= 15 is 0 Å². The summed E-state index contributed by atoms with van der Waals surface area (Å²) < 4.78 is 0. The van der Waals surface area contributed by atoms with E-state index in [0.29, 0.717) is 18.0 Å². The molecule has 11 heavy (non-hydrogen) atoms. The summed E-state index contributed by atoms with van der Waals surface area (Å²) in [7, 11) is 0. The van der Waals surface area contributed by atoms with Gasteiger partial charge in [0, 0.05) is 30.6 Å². The van der Waals surface area contributed by atoms with Crippen molar-refractivity contribution in [2.24, 2.45) is 11.7 Å². The molecule has 0 radical (unpaired) electrons. The van der Waals surface area contributed by atoms with Gasteiger partial charge >= 0.3 is 0 Å². The van der Waals surface area contributed by atoms with E-state index in [1.807, 2.05) is 0 Å². The quantitative estimate of drug-likeness (QED) is 0.500. The van der Waals surface area contributed by atoms with Crippen molar-refractivity contribution in [2.75, 3.05) is 6.54 Å². The molecule has 62 valence electrons. The van der Waals surface area contributed by atoms with Crippen molar-refractivity contribution < 1.29 is 0 Å². The van der Waals surface area contributed by atoms with Crippen molar-refractivity contribution in [3.8, 4) is 0 Å². The van der Waals surface area contributed by atoms with Crippen LogP contribution in [0.4, 0.5) is 0 Å². The summed E-state index contributed by atoms with van der Waals surface area (Å²) in [6.07, 6.45) is 3.06. The Hall–Kier alpha value is -0.410. The molecule has 2 heterocycles. The lowest BCUT2D eigenvalue weighted by Crippen LogP contribution is -2.40. The van der Waals surface area contributed by atoms with E-state index in [2.05, 4.69) is 5.32 Å². The topological polar surface area (TPSA) is 61.9 Å². The zero-order valence-electron chi connectivity index (χ0n) is 6.64. The summed E-state index contributed by atoms with van der Waals surface area (Å²) in [6.45, 7) is 0.779. The van der Waals surface area contributed by atoms with Crippen LogP contribution in [0.25, 0.3) is 0 Å². The second kappa shape index (κ2) is 2.57. The van der Waals surface area contributed by atoms with Crippen molar-refractivity contribution in [1.82, 2.24) is 5.32 Å². The van der Waals surface area contributed by atoms with Gasteiger partial charge in [-0.05, 0) is 18.9 Å². The molecule has 2 aliphatic rings. The van der Waals surface area contributed by atoms with Gasteiger partial charge in [0.15, 0.2) is 0 Å². The Bertz CT molecular complexity index is 178. The molecular formula is C8H15N3. The Labute approximate surface area is 66.9 Å². The minimum atomic E-state index is 0.520. The van der Waals surface area contributed by atoms with Crippen molar-refractivity contribution in [3.63, 3.8) is 0 Å². The predicted octanol–water partition coefficient (Wildman–Crippen LogP) is 0.105. The third kappa shape index (κ3) is 1.19. The number of hydrogen-bond acceptors (Lipinski definition) is 3. The lowest BCUT2D eigenvalue weighted by atomic mass is 9.98. The molecule has 3 heteroatoms. The highest BCUT2D eigenvalue weighted by atomic mass is 15.0. The summed E-state index contributed by atoms with van der Waals surface area (Å²) in [4.78, 5) is 0. The molecule has 3 atom stereocenters. The molecule has 0 spiro atoms. The molecule has 2 saturated heterocycles. The van der Waals surface area contributed by atoms with E-state index in [1.54, 1.807) is 0 Å². The van der Waals surface area contributed by atoms with E-state index < -0.39 is 0 Å². The molecule has 2 fully saturated rings. The molecule has 4 N–H and O–H groups in total. The summed E-state index contributed by atoms with van der Waals surface area (Å²) in [5.74, 6) is 0.628. The lowest BCUT2D eigenvalue weighted by molar-refractivity contribution is 0.456. The molecule has 0 aromatic rings. The van der Waals surface area contributed by atoms with Gasteiger partial charge < -0.3 is 16.5 Å². The van der Waals surface area contributed by atoms with Crippen LogP contribution in [0.5, 0.6) is 0 Å². The molecule has 0 aromatic heterocycles. The average molecular weight is 153 g/mol. The van der Waals surface area contributed by atoms with Gasteiger partial charge in [0.05, 0.1) is 0 Å². The van der Waals surface area contributed by atoms with Crippen LogP contribution >= 0.6 is 0 Å². The van der Waals surface area contributed by atoms with Crippen LogP contribution in [0.3, 0.4) is 0 Å². The number of hydrogen-bond donors (Lipinski definition) is 3. The van der Waals surface area contributed by atoms with Gasteiger partial charge in [0.1, 0.15) is 0 Å². The van der Waals surface area contributed by atoms with Gasteiger partial charge in [-0.2, -0.15) is 0 Å². The highest BCUT2D eigenvalue weighted by Crippen LogP contribution is 2.29. The van der Waals surface area contributed by atoms with Crippen LogP contribution in [0.15, 0.2) is 0 Å². The minimum Gasteiger partial charge on any atom is -0.330 e. The molecule has 0 aliphatic carbocycles. The molecule has 0 amide bonds. The number of fused-ring (bicyclic) bond motifs is 2. The fourth-order valence-electron chi connectivity index (χ4n) is 2.31. The third-order valence-electron chi connectivity index (χ3n) is 2.87. The molecule has 0 saturated carbocycles. The molecule has 3 nitrogen and oxygen atoms in total. The van der Waals surface area contributed by atoms with E-state index in [-0.39, 0.29) is 0 Å². The predicted molar refractivity (Wildman–Crippen MR) is 44.8 cm³/mol. The minimum absolute atomic E-state index is 0.520. The van der Waals surface area contributed by atoms with Gasteiger partial charge in [-0.3, -0.25) is 0 Å². The molecular weight excluding hydrogens is 138 g/mol. The number of piperidine rings is 1. The molecule has 2 rings (SSSR count). The lowest BCUT2D eigenvalue weighted by Gasteiger charge is -2.22. The van der Waals surface area contributed by atoms with Crippen LogP contribution in [0, 0.1) is 11.3 Å². The van der Waals surface area contributed by atoms with Gasteiger partial charge in [-0.25, -0.2) is 0 Å². The SMILES string of the molecule is N=C1CC2C[C@@H](CN)C(C1)N2. The van der Waals surface area contributed by atoms with Crippen molar-refractivity contribution in [1.29, 1.82) is 5.41 Å². The summed E-state index contributed by atoms with van der Waals surface area (Å²) in [5, 5.41) is 11.1. The Morgan fingerprint density at radius 3 is 3.09 bits per heavy atom. The zero-order chi connectivity index (χ0) is 7.84. The van der Waals surface area contributed by atoms with Gasteiger partial charge in [0.2, 0.25) is 0 Å². The first-order chi connectivity index (χ1) is 5.29. The first-order valence-electron chi connectivity index (χ1n) is 4.32. The summed E-state index contributed by atoms with van der Waals surface area (Å²) >= 11 is 0. The largest absolute Gasteiger partial charge is 0.330 e. The number of nitrogens with one attached hydrogen (secondary N) is 2. The fourth-order valence-corrected chi connectivity index (χ4v) is 2.31. The second-order valence-electron chi connectivity index (χ2n) is 3.71. The van der Waals surface area contributed by atoms with Crippen LogP contribution in [-0.4, -0.2) is 24.3 Å². The standard InChI is InChI=1S/C8H15N3/c9-4-5-1-7-2-6(10)3-8(5)11-7/h5,7-8,10-11H,1-4,9H2/t5-,7?,8?/m0/s1. The van der Waals surface area contributed by atoms with Crippen molar-refractivity contribution in [3.05, 3.63) is 0 Å². The first kappa shape index (κ1) is 7.25. The van der Waals surface area contributed by atoms with Gasteiger partial charge in [0.25, 0.3) is 0 Å². The summed E-state index contributed by atoms with van der Waals surface area (Å²) in [6, 6.07) is 1.08. The Kier molecular flexibility index (Phi) is 1.69. The van der Waals surface area contributed by atoms with Crippen LogP contribution in [0.1, 0.15) is 19.3 Å². The number of nitrogens with two attached hydrogens (primary N) is 1. The second-order valence-corrected chi connectivity index (χ2v) is 3.71. The highest BCUT2D eigenvalue weighted by molar-refractivity contribution is 5.83. The monoisotopic (exact) mass is 153 g/mol. The Morgan fingerprint density at radius 2 is 2.36 bits per heavy atom. The molecule has 0 aromatic carbocycles. The van der Waals surface area contributed by atoms with Crippen LogP contribution in [-0.2, 0) is 0 Å². The smallest absolute Gasteiger partial charge is 0.0163 e. The highest BCUT2D eigenvalue weighted by Gasteiger charge is 2.37. The molecule has 2 unspecified atom stereocenters. The Morgan fingerprint density at radius 1 is 1.55 bits per heavy atom. The van der Waals surface area contributed by atoms with E-state index in [1.165, 1.54) is 6.42 Å². The first-order valence-corrected chi connectivity index (χ1v) is 4.32.